The van der Waals surface area contributed by atoms with Crippen LogP contribution < -0.4 is 9.80 Å². The van der Waals surface area contributed by atoms with Gasteiger partial charge in [0.1, 0.15) is 16.8 Å². The van der Waals surface area contributed by atoms with Crippen LogP contribution in [0.25, 0.3) is 0 Å². The van der Waals surface area contributed by atoms with Gasteiger partial charge < -0.3 is 14.1 Å². The number of halogens is 2. The lowest BCUT2D eigenvalue weighted by atomic mass is 9.88. The van der Waals surface area contributed by atoms with Crippen LogP contribution in [0.5, 0.6) is 0 Å². The van der Waals surface area contributed by atoms with Gasteiger partial charge in [-0.2, -0.15) is 0 Å². The molecule has 0 unspecified atom stereocenters. The predicted octanol–water partition coefficient (Wildman–Crippen LogP) is 5.58. The normalized spacial score (nSPS) is 18.3. The monoisotopic (exact) mass is 520 g/mol. The van der Waals surface area contributed by atoms with Gasteiger partial charge in [0.15, 0.2) is 14.1 Å². The second kappa shape index (κ2) is 9.10. The smallest absolute Gasteiger partial charge is 0.243 e. The molecule has 3 heterocycles. The Kier molecular flexibility index (Phi) is 6.76. The Morgan fingerprint density at radius 3 is 2.46 bits per heavy atom. The molecule has 4 rings (SSSR count). The van der Waals surface area contributed by atoms with Crippen molar-refractivity contribution in [3.63, 3.8) is 0 Å². The minimum atomic E-state index is -2.05. The van der Waals surface area contributed by atoms with E-state index < -0.39 is 19.5 Å². The second-order valence-corrected chi connectivity index (χ2v) is 16.3. The summed E-state index contributed by atoms with van der Waals surface area (Å²) in [5.41, 5.74) is 0.484. The van der Waals surface area contributed by atoms with Crippen molar-refractivity contribution in [3.05, 3.63) is 40.6 Å². The summed E-state index contributed by atoms with van der Waals surface area (Å²) in [5, 5.41) is 0.243. The molecular formula is C25H34ClFN4O3Si. The Balaban J connectivity index is 1.70. The number of fused-ring (bicyclic) bond motifs is 1. The average molecular weight is 521 g/mol. The molecule has 190 valence electrons. The molecule has 0 spiro atoms. The number of nitrogens with zero attached hydrogens (tertiary/aromatic N) is 4. The number of hydrogen-bond acceptors (Lipinski definition) is 6. The quantitative estimate of drug-likeness (QED) is 0.378. The van der Waals surface area contributed by atoms with Crippen LogP contribution in [0, 0.1) is 5.82 Å². The highest BCUT2D eigenvalue weighted by molar-refractivity contribution is 6.74. The molecule has 0 saturated carbocycles. The van der Waals surface area contributed by atoms with E-state index in [1.54, 1.807) is 26.0 Å². The number of morpholine rings is 1. The van der Waals surface area contributed by atoms with E-state index in [9.17, 15) is 4.79 Å². The van der Waals surface area contributed by atoms with Gasteiger partial charge in [-0.05, 0) is 44.1 Å². The standard InChI is InChI=1S/C25H34ClFN4O3Si/c1-24(2,3)35(6,7)34-15-19-28-21(26)20-22(29-19)31(23(32)25(20,4)5)16-8-9-18(17(27)14-16)30-10-12-33-13-11-30/h8-9,14H,10-13,15H2,1-7H3. The van der Waals surface area contributed by atoms with E-state index in [0.29, 0.717) is 54.9 Å². The minimum Gasteiger partial charge on any atom is -0.409 e. The molecule has 10 heteroatoms. The van der Waals surface area contributed by atoms with E-state index in [2.05, 4.69) is 38.8 Å². The van der Waals surface area contributed by atoms with Crippen molar-refractivity contribution in [2.75, 3.05) is 36.1 Å². The highest BCUT2D eigenvalue weighted by atomic mass is 35.5. The molecule has 0 radical (unpaired) electrons. The third-order valence-corrected chi connectivity index (χ3v) is 12.1. The summed E-state index contributed by atoms with van der Waals surface area (Å²) in [6.45, 7) is 16.9. The summed E-state index contributed by atoms with van der Waals surface area (Å²) in [5.74, 6) is 0.154. The van der Waals surface area contributed by atoms with E-state index in [-0.39, 0.29) is 22.7 Å². The highest BCUT2D eigenvalue weighted by Gasteiger charge is 2.48. The SMILES string of the molecule is CC1(C)C(=O)N(c2ccc(N3CCOCC3)c(F)c2)c2nc(CO[Si](C)(C)C(C)(C)C)nc(Cl)c21. The Morgan fingerprint density at radius 2 is 1.86 bits per heavy atom. The van der Waals surface area contributed by atoms with Crippen LogP contribution in [0.4, 0.5) is 21.6 Å². The van der Waals surface area contributed by atoms with Gasteiger partial charge in [-0.25, -0.2) is 14.4 Å². The molecule has 2 aliphatic heterocycles. The van der Waals surface area contributed by atoms with Gasteiger partial charge in [0.2, 0.25) is 5.91 Å². The van der Waals surface area contributed by atoms with Crippen LogP contribution in [-0.4, -0.2) is 50.5 Å². The molecule has 1 amide bonds. The first-order valence-electron chi connectivity index (χ1n) is 11.9. The number of hydrogen-bond donors (Lipinski definition) is 0. The number of amides is 1. The third kappa shape index (κ3) is 4.71. The molecule has 0 atom stereocenters. The first-order valence-corrected chi connectivity index (χ1v) is 15.2. The maximum atomic E-state index is 15.2. The molecule has 0 N–H and O–H groups in total. The first-order chi connectivity index (χ1) is 16.2. The minimum absolute atomic E-state index is 0.0251. The van der Waals surface area contributed by atoms with E-state index in [1.165, 1.54) is 11.0 Å². The largest absolute Gasteiger partial charge is 0.409 e. The van der Waals surface area contributed by atoms with Crippen molar-refractivity contribution in [2.24, 2.45) is 0 Å². The average Bonchev–Trinajstić information content (AvgIpc) is 2.97. The molecule has 7 nitrogen and oxygen atoms in total. The summed E-state index contributed by atoms with van der Waals surface area (Å²) >= 11 is 6.61. The lowest BCUT2D eigenvalue weighted by Gasteiger charge is -2.35. The zero-order valence-corrected chi connectivity index (χ0v) is 23.3. The topological polar surface area (TPSA) is 67.8 Å². The Morgan fingerprint density at radius 1 is 1.20 bits per heavy atom. The molecule has 0 aliphatic carbocycles. The Hall–Kier alpha value is -2.07. The predicted molar refractivity (Wildman–Crippen MR) is 139 cm³/mol. The fourth-order valence-corrected chi connectivity index (χ4v) is 5.45. The zero-order chi connectivity index (χ0) is 25.8. The van der Waals surface area contributed by atoms with E-state index in [1.807, 2.05) is 4.90 Å². The third-order valence-electron chi connectivity index (χ3n) is 7.38. The molecule has 2 aromatic rings. The van der Waals surface area contributed by atoms with E-state index >= 15 is 4.39 Å². The Bertz CT molecular complexity index is 1150. The number of ether oxygens (including phenoxy) is 1. The number of benzene rings is 1. The molecule has 1 fully saturated rings. The Labute approximate surface area is 212 Å². The number of carbonyl (C=O) groups excluding carboxylic acids is 1. The number of rotatable bonds is 5. The van der Waals surface area contributed by atoms with Gasteiger partial charge >= 0.3 is 0 Å². The van der Waals surface area contributed by atoms with Crippen molar-refractivity contribution in [3.8, 4) is 0 Å². The van der Waals surface area contributed by atoms with E-state index in [0.717, 1.165) is 0 Å². The van der Waals surface area contributed by atoms with Crippen molar-refractivity contribution < 1.29 is 18.3 Å². The lowest BCUT2D eigenvalue weighted by molar-refractivity contribution is -0.121. The fraction of sp³-hybridized carbons (Fsp3) is 0.560. The number of anilines is 3. The van der Waals surface area contributed by atoms with Crippen LogP contribution in [-0.2, 0) is 26.0 Å². The van der Waals surface area contributed by atoms with Crippen LogP contribution in [0.15, 0.2) is 18.2 Å². The lowest BCUT2D eigenvalue weighted by Crippen LogP contribution is -2.40. The molecule has 0 bridgehead atoms. The number of aromatic nitrogens is 2. The summed E-state index contributed by atoms with van der Waals surface area (Å²) < 4.78 is 26.9. The molecule has 1 aromatic heterocycles. The maximum Gasteiger partial charge on any atom is 0.243 e. The molecule has 1 aromatic carbocycles. The molecule has 1 saturated heterocycles. The molecule has 2 aliphatic rings. The van der Waals surface area contributed by atoms with Gasteiger partial charge in [-0.3, -0.25) is 9.69 Å². The maximum absolute atomic E-state index is 15.2. The van der Waals surface area contributed by atoms with Crippen molar-refractivity contribution in [1.29, 1.82) is 0 Å². The highest BCUT2D eigenvalue weighted by Crippen LogP contribution is 2.47. The van der Waals surface area contributed by atoms with Crippen LogP contribution >= 0.6 is 11.6 Å². The summed E-state index contributed by atoms with van der Waals surface area (Å²) in [6, 6.07) is 4.84. The first kappa shape index (κ1) is 26.0. The van der Waals surface area contributed by atoms with Gasteiger partial charge in [-0.1, -0.05) is 32.4 Å². The fourth-order valence-electron chi connectivity index (χ4n) is 4.11. The van der Waals surface area contributed by atoms with Gasteiger partial charge in [0.05, 0.1) is 36.6 Å². The molecular weight excluding hydrogens is 487 g/mol. The molecule has 35 heavy (non-hydrogen) atoms. The number of carbonyl (C=O) groups is 1. The van der Waals surface area contributed by atoms with Gasteiger partial charge in [-0.15, -0.1) is 0 Å². The van der Waals surface area contributed by atoms with Crippen LogP contribution in [0.3, 0.4) is 0 Å². The van der Waals surface area contributed by atoms with Crippen LogP contribution in [0.2, 0.25) is 23.3 Å². The van der Waals surface area contributed by atoms with Crippen molar-refractivity contribution >= 4 is 43.0 Å². The van der Waals surface area contributed by atoms with Gasteiger partial charge in [0, 0.05) is 24.7 Å². The van der Waals surface area contributed by atoms with Crippen LogP contribution in [0.1, 0.15) is 46.0 Å². The van der Waals surface area contributed by atoms with Crippen molar-refractivity contribution in [1.82, 2.24) is 9.97 Å². The van der Waals surface area contributed by atoms with E-state index in [4.69, 9.17) is 25.7 Å². The second-order valence-electron chi connectivity index (χ2n) is 11.2. The van der Waals surface area contributed by atoms with Crippen molar-refractivity contribution in [2.45, 2.75) is 64.8 Å². The zero-order valence-electron chi connectivity index (χ0n) is 21.5. The summed E-state index contributed by atoms with van der Waals surface area (Å²) in [4.78, 5) is 26.1. The summed E-state index contributed by atoms with van der Waals surface area (Å²) in [7, 11) is -2.05. The van der Waals surface area contributed by atoms with Gasteiger partial charge in [0.25, 0.3) is 0 Å². The summed E-state index contributed by atoms with van der Waals surface area (Å²) in [6.07, 6.45) is 0.